The summed E-state index contributed by atoms with van der Waals surface area (Å²) in [5.74, 6) is 0.341. The molecule has 0 radical (unpaired) electrons. The van der Waals surface area contributed by atoms with Crippen molar-refractivity contribution in [3.8, 4) is 0 Å². The number of benzene rings is 2. The molecule has 4 rings (SSSR count). The number of hydrogen-bond donors (Lipinski definition) is 0. The number of nitrogens with zero attached hydrogens (tertiary/aromatic N) is 1. The molecule has 2 fully saturated rings. The van der Waals surface area contributed by atoms with Gasteiger partial charge in [-0.3, -0.25) is 4.67 Å². The third kappa shape index (κ3) is 2.53. The smallest absolute Gasteiger partial charge is 0.0899 e. The topological polar surface area (TPSA) is 12.5 Å². The zero-order chi connectivity index (χ0) is 14.1. The van der Waals surface area contributed by atoms with Crippen LogP contribution in [0.4, 0.5) is 0 Å². The lowest BCUT2D eigenvalue weighted by Gasteiger charge is -2.27. The van der Waals surface area contributed by atoms with E-state index in [9.17, 15) is 0 Å². The summed E-state index contributed by atoms with van der Waals surface area (Å²) in [5, 5.41) is 0. The molecule has 0 amide bonds. The minimum Gasteiger partial charge on any atom is -0.340 e. The van der Waals surface area contributed by atoms with Gasteiger partial charge in [-0.25, -0.2) is 0 Å². The van der Waals surface area contributed by atoms with Crippen LogP contribution >= 0.6 is 8.96 Å². The Morgan fingerprint density at radius 3 is 2.19 bits per heavy atom. The highest BCUT2D eigenvalue weighted by atomic mass is 31.1. The van der Waals surface area contributed by atoms with Crippen molar-refractivity contribution < 1.29 is 4.52 Å². The lowest BCUT2D eigenvalue weighted by molar-refractivity contribution is 0.191. The van der Waals surface area contributed by atoms with Gasteiger partial charge in [0.2, 0.25) is 0 Å². The van der Waals surface area contributed by atoms with Gasteiger partial charge in [-0.15, -0.1) is 0 Å². The van der Waals surface area contributed by atoms with Gasteiger partial charge >= 0.3 is 0 Å². The first kappa shape index (κ1) is 13.5. The standard InChI is InChI=1S/C18H20NOP/c1-3-8-14(9-4-1)17(15-10-5-2-6-11-15)18-16-12-7-13-19(16)21-20-18/h1-6,8-11,16-18,21H,7,12-13H2/t16-,18-/m0/s1. The van der Waals surface area contributed by atoms with Gasteiger partial charge < -0.3 is 4.52 Å². The van der Waals surface area contributed by atoms with Crippen molar-refractivity contribution in [2.45, 2.75) is 30.9 Å². The molecular formula is C18H20NOP. The van der Waals surface area contributed by atoms with E-state index >= 15 is 0 Å². The summed E-state index contributed by atoms with van der Waals surface area (Å²) in [7, 11) is 0.539. The van der Waals surface area contributed by atoms with Crippen LogP contribution in [-0.2, 0) is 4.52 Å². The third-order valence-corrected chi connectivity index (χ3v) is 5.80. The Morgan fingerprint density at radius 1 is 0.952 bits per heavy atom. The van der Waals surface area contributed by atoms with Gasteiger partial charge in [-0.05, 0) is 24.0 Å². The minimum atomic E-state index is 0.288. The van der Waals surface area contributed by atoms with Crippen LogP contribution in [0.2, 0.25) is 0 Å². The normalized spacial score (nSPS) is 26.5. The van der Waals surface area contributed by atoms with Crippen molar-refractivity contribution >= 4 is 8.96 Å². The van der Waals surface area contributed by atoms with Gasteiger partial charge in [-0.1, -0.05) is 60.7 Å². The Bertz CT molecular complexity index is 549. The number of hydrogen-bond acceptors (Lipinski definition) is 2. The largest absolute Gasteiger partial charge is 0.340 e. The second-order valence-corrected chi connectivity index (χ2v) is 6.87. The van der Waals surface area contributed by atoms with Gasteiger partial charge in [0.25, 0.3) is 0 Å². The summed E-state index contributed by atoms with van der Waals surface area (Å²) >= 11 is 0. The summed E-state index contributed by atoms with van der Waals surface area (Å²) in [6.45, 7) is 1.20. The van der Waals surface area contributed by atoms with E-state index in [0.717, 1.165) is 0 Å². The summed E-state index contributed by atoms with van der Waals surface area (Å²) in [6, 6.07) is 22.3. The van der Waals surface area contributed by atoms with E-state index in [2.05, 4.69) is 65.3 Å². The molecule has 0 N–H and O–H groups in total. The Hall–Kier alpha value is -1.21. The first-order valence-electron chi connectivity index (χ1n) is 7.71. The molecule has 2 nitrogen and oxygen atoms in total. The maximum Gasteiger partial charge on any atom is 0.0899 e. The van der Waals surface area contributed by atoms with Crippen LogP contribution in [0.3, 0.4) is 0 Å². The average Bonchev–Trinajstić information content (AvgIpc) is 3.15. The predicted molar refractivity (Wildman–Crippen MR) is 87.6 cm³/mol. The fourth-order valence-electron chi connectivity index (χ4n) is 3.64. The molecule has 2 aliphatic rings. The van der Waals surface area contributed by atoms with Crippen LogP contribution in [0.25, 0.3) is 0 Å². The van der Waals surface area contributed by atoms with Gasteiger partial charge in [0, 0.05) is 18.5 Å². The lowest BCUT2D eigenvalue weighted by atomic mass is 9.83. The Kier molecular flexibility index (Phi) is 3.77. The summed E-state index contributed by atoms with van der Waals surface area (Å²) in [6.07, 6.45) is 2.87. The van der Waals surface area contributed by atoms with Gasteiger partial charge in [-0.2, -0.15) is 0 Å². The first-order valence-corrected chi connectivity index (χ1v) is 8.57. The van der Waals surface area contributed by atoms with E-state index in [1.54, 1.807) is 0 Å². The summed E-state index contributed by atoms with van der Waals surface area (Å²) in [5.41, 5.74) is 2.74. The van der Waals surface area contributed by atoms with E-state index < -0.39 is 0 Å². The highest BCUT2D eigenvalue weighted by Crippen LogP contribution is 2.48. The zero-order valence-corrected chi connectivity index (χ0v) is 13.0. The molecule has 0 aliphatic carbocycles. The molecule has 0 spiro atoms. The van der Waals surface area contributed by atoms with Gasteiger partial charge in [0.15, 0.2) is 0 Å². The Balaban J connectivity index is 1.74. The first-order chi connectivity index (χ1) is 10.4. The molecular weight excluding hydrogens is 277 g/mol. The second kappa shape index (κ2) is 5.88. The van der Waals surface area contributed by atoms with Crippen LogP contribution in [-0.4, -0.2) is 23.4 Å². The van der Waals surface area contributed by atoms with Crippen molar-refractivity contribution in [2.75, 3.05) is 6.54 Å². The van der Waals surface area contributed by atoms with Crippen LogP contribution in [0.1, 0.15) is 29.9 Å². The van der Waals surface area contributed by atoms with Crippen molar-refractivity contribution in [1.29, 1.82) is 0 Å². The second-order valence-electron chi connectivity index (χ2n) is 5.88. The molecule has 0 saturated carbocycles. The molecule has 2 saturated heterocycles. The maximum atomic E-state index is 6.24. The van der Waals surface area contributed by atoms with E-state index in [1.165, 1.54) is 30.5 Å². The maximum absolute atomic E-state index is 6.24. The zero-order valence-electron chi connectivity index (χ0n) is 12.0. The molecule has 3 heteroatoms. The molecule has 2 aromatic carbocycles. The highest BCUT2D eigenvalue weighted by Gasteiger charge is 2.43. The highest BCUT2D eigenvalue weighted by molar-refractivity contribution is 7.29. The molecule has 1 unspecified atom stereocenters. The molecule has 108 valence electrons. The third-order valence-electron chi connectivity index (χ3n) is 4.63. The van der Waals surface area contributed by atoms with E-state index in [-0.39, 0.29) is 6.10 Å². The fraction of sp³-hybridized carbons (Fsp3) is 0.333. The average molecular weight is 297 g/mol. The van der Waals surface area contributed by atoms with Crippen LogP contribution in [0, 0.1) is 0 Å². The molecule has 0 aromatic heterocycles. The molecule has 2 aromatic rings. The fourth-order valence-corrected chi connectivity index (χ4v) is 4.85. The Labute approximate surface area is 128 Å². The van der Waals surface area contributed by atoms with Crippen molar-refractivity contribution in [3.63, 3.8) is 0 Å². The molecule has 2 aliphatic heterocycles. The summed E-state index contributed by atoms with van der Waals surface area (Å²) < 4.78 is 8.78. The molecule has 2 heterocycles. The van der Waals surface area contributed by atoms with Crippen LogP contribution < -0.4 is 0 Å². The van der Waals surface area contributed by atoms with E-state index in [4.69, 9.17) is 4.52 Å². The number of rotatable bonds is 3. The minimum absolute atomic E-state index is 0.288. The van der Waals surface area contributed by atoms with Crippen molar-refractivity contribution in [3.05, 3.63) is 71.8 Å². The van der Waals surface area contributed by atoms with Crippen molar-refractivity contribution in [2.24, 2.45) is 0 Å². The quantitative estimate of drug-likeness (QED) is 0.788. The van der Waals surface area contributed by atoms with E-state index in [0.29, 0.717) is 20.9 Å². The SMILES string of the molecule is c1ccc(C(c2ccccc2)[C@H]2OPN3CCC[C@@H]23)cc1. The lowest BCUT2D eigenvalue weighted by Crippen LogP contribution is -2.33. The van der Waals surface area contributed by atoms with E-state index in [1.807, 2.05) is 0 Å². The van der Waals surface area contributed by atoms with Crippen LogP contribution in [0.5, 0.6) is 0 Å². The molecule has 3 atom stereocenters. The molecule has 0 bridgehead atoms. The van der Waals surface area contributed by atoms with Crippen molar-refractivity contribution in [1.82, 2.24) is 4.67 Å². The molecule has 21 heavy (non-hydrogen) atoms. The van der Waals surface area contributed by atoms with Gasteiger partial charge in [0.05, 0.1) is 15.1 Å². The Morgan fingerprint density at radius 2 is 1.57 bits per heavy atom. The van der Waals surface area contributed by atoms with Gasteiger partial charge in [0.1, 0.15) is 0 Å². The summed E-state index contributed by atoms with van der Waals surface area (Å²) in [4.78, 5) is 0. The number of fused-ring (bicyclic) bond motifs is 1. The monoisotopic (exact) mass is 297 g/mol. The van der Waals surface area contributed by atoms with Crippen LogP contribution in [0.15, 0.2) is 60.7 Å². The predicted octanol–water partition coefficient (Wildman–Crippen LogP) is 4.19.